The fourth-order valence-corrected chi connectivity index (χ4v) is 3.43. The first-order valence-electron chi connectivity index (χ1n) is 6.71. The molecule has 0 atom stereocenters. The van der Waals surface area contributed by atoms with E-state index in [0.29, 0.717) is 15.6 Å². The van der Waals surface area contributed by atoms with Gasteiger partial charge in [0.15, 0.2) is 5.57 Å². The van der Waals surface area contributed by atoms with Gasteiger partial charge in [0.2, 0.25) is 0 Å². The molecular weight excluding hydrogens is 336 g/mol. The summed E-state index contributed by atoms with van der Waals surface area (Å²) in [5.74, 6) is -1.17. The quantitative estimate of drug-likeness (QED) is 0.476. The minimum absolute atomic E-state index is 0.140. The maximum atomic E-state index is 12.2. The van der Waals surface area contributed by atoms with Crippen molar-refractivity contribution >= 4 is 40.0 Å². The molecule has 124 valence electrons. The van der Waals surface area contributed by atoms with Gasteiger partial charge in [0, 0.05) is 4.88 Å². The summed E-state index contributed by atoms with van der Waals surface area (Å²) in [5, 5.41) is 13.0. The van der Waals surface area contributed by atoms with E-state index in [0.717, 1.165) is 10.4 Å². The predicted molar refractivity (Wildman–Crippen MR) is 91.5 cm³/mol. The van der Waals surface area contributed by atoms with Crippen LogP contribution in [0.3, 0.4) is 0 Å². The number of rotatable bonds is 6. The molecule has 0 unspecified atom stereocenters. The first-order chi connectivity index (χ1) is 10.9. The van der Waals surface area contributed by atoms with Gasteiger partial charge < -0.3 is 14.8 Å². The van der Waals surface area contributed by atoms with Crippen molar-refractivity contribution in [3.8, 4) is 6.07 Å². The smallest absolute Gasteiger partial charge is 0.351 e. The van der Waals surface area contributed by atoms with E-state index in [-0.39, 0.29) is 12.2 Å². The largest absolute Gasteiger partial charge is 0.465 e. The molecule has 1 heterocycles. The fraction of sp³-hybridized carbons (Fsp3) is 0.400. The number of methoxy groups -OCH3 is 1. The number of ether oxygens (including phenoxy) is 2. The molecule has 8 heteroatoms. The summed E-state index contributed by atoms with van der Waals surface area (Å²) in [6, 6.07) is 1.83. The summed E-state index contributed by atoms with van der Waals surface area (Å²) in [4.78, 5) is 24.8. The van der Waals surface area contributed by atoms with Crippen molar-refractivity contribution in [2.24, 2.45) is 0 Å². The Balaban J connectivity index is 3.34. The molecule has 0 spiro atoms. The van der Waals surface area contributed by atoms with Crippen LogP contribution in [0.2, 0.25) is 0 Å². The van der Waals surface area contributed by atoms with Crippen LogP contribution in [0.15, 0.2) is 10.6 Å². The third-order valence-electron chi connectivity index (χ3n) is 3.02. The number of carbonyl (C=O) groups is 2. The molecular formula is C15H18N2O4S2. The van der Waals surface area contributed by atoms with Gasteiger partial charge in [-0.3, -0.25) is 0 Å². The Morgan fingerprint density at radius 1 is 1.39 bits per heavy atom. The number of nitriles is 1. The standard InChI is InChI=1S/C15H18N2O4S2/c1-6-21-15(19)11-8(2)9(3)23-13(11)17-12(22-5)10(7-16)14(18)20-4/h17H,6H2,1-5H3/b12-10+. The van der Waals surface area contributed by atoms with Crippen LogP contribution in [0.5, 0.6) is 0 Å². The van der Waals surface area contributed by atoms with E-state index in [1.165, 1.54) is 30.2 Å². The van der Waals surface area contributed by atoms with Crippen molar-refractivity contribution in [3.05, 3.63) is 26.6 Å². The Bertz CT molecular complexity index is 686. The van der Waals surface area contributed by atoms with Crippen LogP contribution in [0.4, 0.5) is 5.00 Å². The van der Waals surface area contributed by atoms with Crippen LogP contribution in [-0.4, -0.2) is 31.9 Å². The zero-order valence-corrected chi connectivity index (χ0v) is 15.2. The van der Waals surface area contributed by atoms with Crippen LogP contribution in [0.25, 0.3) is 0 Å². The summed E-state index contributed by atoms with van der Waals surface area (Å²) in [6.45, 7) is 5.72. The minimum Gasteiger partial charge on any atom is -0.465 e. The summed E-state index contributed by atoms with van der Waals surface area (Å²) < 4.78 is 9.69. The van der Waals surface area contributed by atoms with Crippen molar-refractivity contribution < 1.29 is 19.1 Å². The van der Waals surface area contributed by atoms with Gasteiger partial charge in [0.25, 0.3) is 0 Å². The molecule has 0 aliphatic heterocycles. The SMILES string of the molecule is CCOC(=O)c1c(N/C(SC)=C(/C#N)C(=O)OC)sc(C)c1C. The number of thiophene rings is 1. The monoisotopic (exact) mass is 354 g/mol. The van der Waals surface area contributed by atoms with Crippen molar-refractivity contribution in [1.82, 2.24) is 0 Å². The molecule has 1 N–H and O–H groups in total. The Morgan fingerprint density at radius 2 is 2.04 bits per heavy atom. The zero-order chi connectivity index (χ0) is 17.6. The highest BCUT2D eigenvalue weighted by Gasteiger charge is 2.23. The molecule has 0 fully saturated rings. The van der Waals surface area contributed by atoms with Crippen LogP contribution in [0.1, 0.15) is 27.7 Å². The Kier molecular flexibility index (Phi) is 7.13. The Hall–Kier alpha value is -1.98. The number of aryl methyl sites for hydroxylation is 1. The maximum absolute atomic E-state index is 12.2. The number of nitrogens with one attached hydrogen (secondary N) is 1. The number of anilines is 1. The van der Waals surface area contributed by atoms with E-state index in [2.05, 4.69) is 10.1 Å². The van der Waals surface area contributed by atoms with E-state index in [4.69, 9.17) is 4.74 Å². The highest BCUT2D eigenvalue weighted by atomic mass is 32.2. The van der Waals surface area contributed by atoms with Gasteiger partial charge in [0.05, 0.1) is 24.3 Å². The highest BCUT2D eigenvalue weighted by Crippen LogP contribution is 2.35. The predicted octanol–water partition coefficient (Wildman–Crippen LogP) is 3.22. The van der Waals surface area contributed by atoms with E-state index < -0.39 is 11.9 Å². The number of carbonyl (C=O) groups excluding carboxylic acids is 2. The molecule has 1 rings (SSSR count). The van der Waals surface area contributed by atoms with Crippen molar-refractivity contribution in [2.45, 2.75) is 20.8 Å². The van der Waals surface area contributed by atoms with Crippen LogP contribution in [0, 0.1) is 25.2 Å². The summed E-state index contributed by atoms with van der Waals surface area (Å²) in [5.41, 5.74) is 1.09. The number of esters is 2. The molecule has 1 aromatic heterocycles. The molecule has 0 amide bonds. The summed E-state index contributed by atoms with van der Waals surface area (Å²) in [6.07, 6.45) is 1.72. The van der Waals surface area contributed by atoms with Gasteiger partial charge in [-0.05, 0) is 32.6 Å². The normalized spacial score (nSPS) is 11.3. The molecule has 0 aliphatic carbocycles. The molecule has 23 heavy (non-hydrogen) atoms. The molecule has 0 bridgehead atoms. The average Bonchev–Trinajstić information content (AvgIpc) is 2.81. The lowest BCUT2D eigenvalue weighted by Gasteiger charge is -2.11. The summed E-state index contributed by atoms with van der Waals surface area (Å²) in [7, 11) is 1.21. The fourth-order valence-electron chi connectivity index (χ4n) is 1.77. The molecule has 6 nitrogen and oxygen atoms in total. The number of hydrogen-bond acceptors (Lipinski definition) is 8. The van der Waals surface area contributed by atoms with Crippen LogP contribution < -0.4 is 5.32 Å². The molecule has 0 radical (unpaired) electrons. The van der Waals surface area contributed by atoms with Gasteiger partial charge >= 0.3 is 11.9 Å². The summed E-state index contributed by atoms with van der Waals surface area (Å²) >= 11 is 2.55. The van der Waals surface area contributed by atoms with Crippen molar-refractivity contribution in [1.29, 1.82) is 5.26 Å². The second-order valence-corrected chi connectivity index (χ2v) is 6.39. The lowest BCUT2D eigenvalue weighted by Crippen LogP contribution is -2.12. The van der Waals surface area contributed by atoms with Gasteiger partial charge in [0.1, 0.15) is 11.1 Å². The van der Waals surface area contributed by atoms with E-state index >= 15 is 0 Å². The van der Waals surface area contributed by atoms with E-state index in [1.807, 2.05) is 19.9 Å². The van der Waals surface area contributed by atoms with Crippen LogP contribution in [-0.2, 0) is 14.3 Å². The van der Waals surface area contributed by atoms with Gasteiger partial charge in [-0.1, -0.05) is 0 Å². The second kappa shape index (κ2) is 8.60. The topological polar surface area (TPSA) is 88.4 Å². The molecule has 1 aromatic rings. The lowest BCUT2D eigenvalue weighted by molar-refractivity contribution is -0.135. The molecule has 0 saturated heterocycles. The highest BCUT2D eigenvalue weighted by molar-refractivity contribution is 8.02. The molecule has 0 aliphatic rings. The lowest BCUT2D eigenvalue weighted by atomic mass is 10.1. The Labute approximate surface area is 143 Å². The van der Waals surface area contributed by atoms with Crippen molar-refractivity contribution in [3.63, 3.8) is 0 Å². The van der Waals surface area contributed by atoms with Crippen LogP contribution >= 0.6 is 23.1 Å². The third kappa shape index (κ3) is 4.27. The average molecular weight is 354 g/mol. The maximum Gasteiger partial charge on any atom is 0.351 e. The molecule has 0 aromatic carbocycles. The van der Waals surface area contributed by atoms with Gasteiger partial charge in [-0.2, -0.15) is 5.26 Å². The zero-order valence-electron chi connectivity index (χ0n) is 13.6. The first kappa shape index (κ1) is 19.1. The molecule has 0 saturated carbocycles. The second-order valence-electron chi connectivity index (χ2n) is 4.34. The first-order valence-corrected chi connectivity index (χ1v) is 8.76. The number of hydrogen-bond donors (Lipinski definition) is 1. The third-order valence-corrected chi connectivity index (χ3v) is 4.86. The number of nitrogens with zero attached hydrogens (tertiary/aromatic N) is 1. The van der Waals surface area contributed by atoms with E-state index in [1.54, 1.807) is 13.2 Å². The van der Waals surface area contributed by atoms with Crippen molar-refractivity contribution in [2.75, 3.05) is 25.3 Å². The minimum atomic E-state index is -0.730. The van der Waals surface area contributed by atoms with E-state index in [9.17, 15) is 14.9 Å². The Morgan fingerprint density at radius 3 is 2.52 bits per heavy atom. The van der Waals surface area contributed by atoms with Gasteiger partial charge in [-0.15, -0.1) is 23.1 Å². The van der Waals surface area contributed by atoms with Gasteiger partial charge in [-0.25, -0.2) is 9.59 Å². The number of thioether (sulfide) groups is 1.